The standard InChI is InChI=1S/C14H12N6OS2/c21-12-8-10(15-13-19(12)6-7-22-13)9-23-14-16-17-18-20(14)11-4-2-1-3-5-11/h1-5,8H,6-7,9H2. The van der Waals surface area contributed by atoms with E-state index in [0.29, 0.717) is 10.9 Å². The van der Waals surface area contributed by atoms with E-state index in [0.717, 1.165) is 28.8 Å². The zero-order chi connectivity index (χ0) is 15.6. The Morgan fingerprint density at radius 2 is 2.13 bits per heavy atom. The van der Waals surface area contributed by atoms with Gasteiger partial charge in [0.1, 0.15) is 0 Å². The molecule has 23 heavy (non-hydrogen) atoms. The minimum absolute atomic E-state index is 0.0123. The molecule has 0 fully saturated rings. The molecule has 3 aromatic rings. The van der Waals surface area contributed by atoms with Crippen molar-refractivity contribution in [3.8, 4) is 5.69 Å². The van der Waals surface area contributed by atoms with Gasteiger partial charge in [0.15, 0.2) is 5.16 Å². The molecule has 0 saturated heterocycles. The van der Waals surface area contributed by atoms with Crippen molar-refractivity contribution in [2.45, 2.75) is 22.6 Å². The van der Waals surface area contributed by atoms with Crippen LogP contribution in [0.5, 0.6) is 0 Å². The van der Waals surface area contributed by atoms with E-state index in [1.807, 2.05) is 30.3 Å². The van der Waals surface area contributed by atoms with Crippen LogP contribution >= 0.6 is 23.5 Å². The molecule has 116 valence electrons. The van der Waals surface area contributed by atoms with E-state index in [9.17, 15) is 4.79 Å². The molecule has 7 nitrogen and oxygen atoms in total. The van der Waals surface area contributed by atoms with Gasteiger partial charge in [0.2, 0.25) is 5.16 Å². The SMILES string of the molecule is O=c1cc(CSc2nnnn2-c2ccccc2)nc2n1CCS2. The summed E-state index contributed by atoms with van der Waals surface area (Å²) < 4.78 is 3.40. The van der Waals surface area contributed by atoms with Gasteiger partial charge in [-0.25, -0.2) is 4.98 Å². The first-order chi connectivity index (χ1) is 11.3. The highest BCUT2D eigenvalue weighted by Gasteiger charge is 2.16. The molecule has 1 aliphatic rings. The first-order valence-electron chi connectivity index (χ1n) is 7.01. The van der Waals surface area contributed by atoms with Gasteiger partial charge >= 0.3 is 0 Å². The number of hydrogen-bond donors (Lipinski definition) is 0. The maximum absolute atomic E-state index is 12.0. The zero-order valence-corrected chi connectivity index (χ0v) is 13.6. The zero-order valence-electron chi connectivity index (χ0n) is 12.0. The van der Waals surface area contributed by atoms with Crippen molar-refractivity contribution in [1.29, 1.82) is 0 Å². The lowest BCUT2D eigenvalue weighted by molar-refractivity contribution is 0.648. The quantitative estimate of drug-likeness (QED) is 0.525. The van der Waals surface area contributed by atoms with Crippen molar-refractivity contribution in [3.05, 3.63) is 52.4 Å². The molecule has 0 unspecified atom stereocenters. The normalized spacial score (nSPS) is 13.2. The summed E-state index contributed by atoms with van der Waals surface area (Å²) in [6.07, 6.45) is 0. The van der Waals surface area contributed by atoms with Gasteiger partial charge < -0.3 is 0 Å². The summed E-state index contributed by atoms with van der Waals surface area (Å²) in [7, 11) is 0. The second kappa shape index (κ2) is 6.17. The lowest BCUT2D eigenvalue weighted by atomic mass is 10.3. The molecule has 0 amide bonds. The number of hydrogen-bond acceptors (Lipinski definition) is 7. The van der Waals surface area contributed by atoms with Gasteiger partial charge in [0.05, 0.1) is 11.4 Å². The Labute approximate surface area is 140 Å². The number of aromatic nitrogens is 6. The average Bonchev–Trinajstić information content (AvgIpc) is 3.23. The molecule has 0 saturated carbocycles. The maximum Gasteiger partial charge on any atom is 0.254 e. The number of fused-ring (bicyclic) bond motifs is 1. The van der Waals surface area contributed by atoms with Gasteiger partial charge in [-0.15, -0.1) is 5.10 Å². The second-order valence-corrected chi connectivity index (χ2v) is 6.87. The van der Waals surface area contributed by atoms with Crippen LogP contribution in [-0.4, -0.2) is 35.5 Å². The van der Waals surface area contributed by atoms with E-state index in [4.69, 9.17) is 0 Å². The number of nitrogens with zero attached hydrogens (tertiary/aromatic N) is 6. The van der Waals surface area contributed by atoms with E-state index in [-0.39, 0.29) is 5.56 Å². The smallest absolute Gasteiger partial charge is 0.254 e. The number of rotatable bonds is 4. The highest BCUT2D eigenvalue weighted by Crippen LogP contribution is 2.24. The predicted octanol–water partition coefficient (Wildman–Crippen LogP) is 1.62. The Kier molecular flexibility index (Phi) is 3.88. The minimum Gasteiger partial charge on any atom is -0.287 e. The third-order valence-electron chi connectivity index (χ3n) is 3.36. The van der Waals surface area contributed by atoms with Gasteiger partial charge in [0.25, 0.3) is 5.56 Å². The van der Waals surface area contributed by atoms with Gasteiger partial charge in [-0.1, -0.05) is 41.7 Å². The number of benzene rings is 1. The summed E-state index contributed by atoms with van der Waals surface area (Å²) in [5, 5.41) is 13.3. The predicted molar refractivity (Wildman–Crippen MR) is 87.9 cm³/mol. The van der Waals surface area contributed by atoms with E-state index in [1.54, 1.807) is 27.1 Å². The van der Waals surface area contributed by atoms with E-state index >= 15 is 0 Å². The third kappa shape index (κ3) is 2.89. The Hall–Kier alpha value is -2.13. The average molecular weight is 344 g/mol. The van der Waals surface area contributed by atoms with Crippen LogP contribution in [0.4, 0.5) is 0 Å². The molecule has 2 aromatic heterocycles. The van der Waals surface area contributed by atoms with Gasteiger partial charge in [-0.2, -0.15) is 4.68 Å². The summed E-state index contributed by atoms with van der Waals surface area (Å²) in [4.78, 5) is 16.6. The first-order valence-corrected chi connectivity index (χ1v) is 8.98. The van der Waals surface area contributed by atoms with Gasteiger partial charge in [-0.05, 0) is 22.6 Å². The van der Waals surface area contributed by atoms with Crippen LogP contribution in [0.15, 0.2) is 51.5 Å². The van der Waals surface area contributed by atoms with Crippen LogP contribution in [0, 0.1) is 0 Å². The molecule has 1 aromatic carbocycles. The van der Waals surface area contributed by atoms with Crippen molar-refractivity contribution >= 4 is 23.5 Å². The van der Waals surface area contributed by atoms with E-state index in [2.05, 4.69) is 20.5 Å². The van der Waals surface area contributed by atoms with Crippen molar-refractivity contribution in [2.24, 2.45) is 0 Å². The van der Waals surface area contributed by atoms with Gasteiger partial charge in [-0.3, -0.25) is 9.36 Å². The Morgan fingerprint density at radius 1 is 1.26 bits per heavy atom. The molecule has 1 aliphatic heterocycles. The van der Waals surface area contributed by atoms with Crippen LogP contribution < -0.4 is 5.56 Å². The third-order valence-corrected chi connectivity index (χ3v) is 5.27. The Bertz CT molecular complexity index is 892. The highest BCUT2D eigenvalue weighted by atomic mass is 32.2. The molecule has 9 heteroatoms. The fraction of sp³-hybridized carbons (Fsp3) is 0.214. The molecule has 4 rings (SSSR count). The molecular weight excluding hydrogens is 332 g/mol. The number of tetrazole rings is 1. The second-order valence-electron chi connectivity index (χ2n) is 4.87. The maximum atomic E-state index is 12.0. The summed E-state index contributed by atoms with van der Waals surface area (Å²) in [6, 6.07) is 11.3. The summed E-state index contributed by atoms with van der Waals surface area (Å²) in [5.74, 6) is 1.46. The fourth-order valence-electron chi connectivity index (χ4n) is 2.29. The lowest BCUT2D eigenvalue weighted by Crippen LogP contribution is -2.20. The van der Waals surface area contributed by atoms with Crippen LogP contribution in [0.3, 0.4) is 0 Å². The number of thioether (sulfide) groups is 2. The van der Waals surface area contributed by atoms with E-state index in [1.165, 1.54) is 11.8 Å². The number of para-hydroxylation sites is 1. The highest BCUT2D eigenvalue weighted by molar-refractivity contribution is 7.99. The summed E-state index contributed by atoms with van der Waals surface area (Å²) in [6.45, 7) is 0.742. The fourth-order valence-corrected chi connectivity index (χ4v) is 4.05. The Balaban J connectivity index is 1.56. The van der Waals surface area contributed by atoms with Crippen molar-refractivity contribution in [3.63, 3.8) is 0 Å². The molecule has 0 spiro atoms. The Morgan fingerprint density at radius 3 is 3.00 bits per heavy atom. The van der Waals surface area contributed by atoms with Crippen molar-refractivity contribution < 1.29 is 0 Å². The van der Waals surface area contributed by atoms with Crippen LogP contribution in [0.1, 0.15) is 5.69 Å². The molecule has 0 radical (unpaired) electrons. The van der Waals surface area contributed by atoms with Crippen molar-refractivity contribution in [1.82, 2.24) is 29.8 Å². The minimum atomic E-state index is 0.0123. The summed E-state index contributed by atoms with van der Waals surface area (Å²) >= 11 is 3.08. The van der Waals surface area contributed by atoms with Crippen LogP contribution in [0.25, 0.3) is 5.69 Å². The summed E-state index contributed by atoms with van der Waals surface area (Å²) in [5.41, 5.74) is 1.67. The molecule has 0 atom stereocenters. The molecule has 3 heterocycles. The van der Waals surface area contributed by atoms with Gasteiger partial charge in [0, 0.05) is 24.1 Å². The van der Waals surface area contributed by atoms with Crippen molar-refractivity contribution in [2.75, 3.05) is 5.75 Å². The molecular formula is C14H12N6OS2. The largest absolute Gasteiger partial charge is 0.287 e. The molecule has 0 aliphatic carbocycles. The van der Waals surface area contributed by atoms with Crippen LogP contribution in [0.2, 0.25) is 0 Å². The van der Waals surface area contributed by atoms with E-state index < -0.39 is 0 Å². The lowest BCUT2D eigenvalue weighted by Gasteiger charge is -2.05. The topological polar surface area (TPSA) is 78.5 Å². The first kappa shape index (κ1) is 14.5. The molecule has 0 N–H and O–H groups in total. The molecule has 0 bridgehead atoms. The van der Waals surface area contributed by atoms with Crippen LogP contribution in [-0.2, 0) is 12.3 Å². The monoisotopic (exact) mass is 344 g/mol.